The van der Waals surface area contributed by atoms with E-state index >= 15 is 0 Å². The molecule has 0 saturated heterocycles. The Balaban J connectivity index is 0.000000845. The number of nitrogen functional groups attached to an aromatic ring is 2. The van der Waals surface area contributed by atoms with Gasteiger partial charge in [0.15, 0.2) is 5.82 Å². The van der Waals surface area contributed by atoms with Crippen molar-refractivity contribution < 1.29 is 0 Å². The first kappa shape index (κ1) is 12.8. The lowest BCUT2D eigenvalue weighted by molar-refractivity contribution is 1.13. The maximum Gasteiger partial charge on any atom is 0.153 e. The first-order valence-corrected chi connectivity index (χ1v) is 3.51. The molecule has 0 unspecified atom stereocenters. The van der Waals surface area contributed by atoms with Crippen LogP contribution in [0.5, 0.6) is 0 Å². The second-order valence-electron chi connectivity index (χ2n) is 2.51. The summed E-state index contributed by atoms with van der Waals surface area (Å²) in [5.74, 6) is 5.74. The van der Waals surface area contributed by atoms with Crippen LogP contribution in [0.25, 0.3) is 10.9 Å². The first-order chi connectivity index (χ1) is 5.81. The molecular formula is C7H11Cl2N5. The number of halogens is 2. The second-order valence-corrected chi connectivity index (χ2v) is 2.51. The van der Waals surface area contributed by atoms with Crippen LogP contribution in [0.3, 0.4) is 0 Å². The fourth-order valence-corrected chi connectivity index (χ4v) is 1.13. The Bertz CT molecular complexity index is 413. The number of rotatable bonds is 1. The number of hydrogen-bond acceptors (Lipinski definition) is 4. The average molecular weight is 236 g/mol. The van der Waals surface area contributed by atoms with Crippen LogP contribution in [0, 0.1) is 0 Å². The molecule has 0 aliphatic heterocycles. The molecule has 1 aromatic heterocycles. The zero-order valence-corrected chi connectivity index (χ0v) is 8.78. The van der Waals surface area contributed by atoms with Crippen molar-refractivity contribution in [3.63, 3.8) is 0 Å². The molecule has 1 heterocycles. The summed E-state index contributed by atoms with van der Waals surface area (Å²) in [6, 6.07) is 5.55. The van der Waals surface area contributed by atoms with E-state index in [9.17, 15) is 0 Å². The van der Waals surface area contributed by atoms with E-state index in [0.29, 0.717) is 5.82 Å². The van der Waals surface area contributed by atoms with E-state index < -0.39 is 0 Å². The van der Waals surface area contributed by atoms with Crippen LogP contribution in [0.2, 0.25) is 0 Å². The second kappa shape index (κ2) is 4.90. The largest absolute Gasteiger partial charge is 0.382 e. The summed E-state index contributed by atoms with van der Waals surface area (Å²) in [5.41, 5.74) is 9.82. The minimum atomic E-state index is 0. The molecule has 0 radical (unpaired) electrons. The topological polar surface area (TPSA) is 92.8 Å². The SMILES string of the molecule is Cl.Cl.NNc1ccc2c(N)n[nH]c2c1. The molecule has 0 saturated carbocycles. The Hall–Kier alpha value is -1.17. The van der Waals surface area contributed by atoms with Crippen molar-refractivity contribution in [2.75, 3.05) is 11.2 Å². The molecule has 7 heteroatoms. The van der Waals surface area contributed by atoms with E-state index in [1.165, 1.54) is 0 Å². The van der Waals surface area contributed by atoms with Crippen molar-refractivity contribution in [2.45, 2.75) is 0 Å². The number of fused-ring (bicyclic) bond motifs is 1. The van der Waals surface area contributed by atoms with Crippen LogP contribution in [0.15, 0.2) is 18.2 Å². The van der Waals surface area contributed by atoms with Gasteiger partial charge in [-0.25, -0.2) is 0 Å². The Labute approximate surface area is 93.0 Å². The predicted molar refractivity (Wildman–Crippen MR) is 62.8 cm³/mol. The van der Waals surface area contributed by atoms with Gasteiger partial charge in [0, 0.05) is 5.39 Å². The summed E-state index contributed by atoms with van der Waals surface area (Å²) in [5, 5.41) is 7.56. The Morgan fingerprint density at radius 2 is 2.00 bits per heavy atom. The lowest BCUT2D eigenvalue weighted by atomic mass is 10.2. The number of aromatic nitrogens is 2. The van der Waals surface area contributed by atoms with Crippen molar-refractivity contribution in [3.05, 3.63) is 18.2 Å². The van der Waals surface area contributed by atoms with Gasteiger partial charge in [0.05, 0.1) is 11.2 Å². The number of anilines is 2. The minimum Gasteiger partial charge on any atom is -0.382 e. The third-order valence-corrected chi connectivity index (χ3v) is 1.76. The molecule has 1 aromatic carbocycles. The highest BCUT2D eigenvalue weighted by molar-refractivity contribution is 5.90. The summed E-state index contributed by atoms with van der Waals surface area (Å²) in [6.45, 7) is 0. The molecular weight excluding hydrogens is 225 g/mol. The molecule has 5 nitrogen and oxygen atoms in total. The number of nitrogens with one attached hydrogen (secondary N) is 2. The molecule has 6 N–H and O–H groups in total. The van der Waals surface area contributed by atoms with E-state index in [2.05, 4.69) is 15.6 Å². The van der Waals surface area contributed by atoms with Crippen molar-refractivity contribution in [2.24, 2.45) is 5.84 Å². The number of benzene rings is 1. The molecule has 0 spiro atoms. The summed E-state index contributed by atoms with van der Waals surface area (Å²) in [4.78, 5) is 0. The van der Waals surface area contributed by atoms with Gasteiger partial charge in [-0.05, 0) is 18.2 Å². The summed E-state index contributed by atoms with van der Waals surface area (Å²) < 4.78 is 0. The normalized spacial score (nSPS) is 8.93. The molecule has 2 aromatic rings. The molecule has 0 bridgehead atoms. The van der Waals surface area contributed by atoms with Gasteiger partial charge in [-0.2, -0.15) is 5.10 Å². The molecule has 78 valence electrons. The molecule has 14 heavy (non-hydrogen) atoms. The lowest BCUT2D eigenvalue weighted by Crippen LogP contribution is -2.05. The number of hydrogen-bond donors (Lipinski definition) is 4. The van der Waals surface area contributed by atoms with E-state index in [4.69, 9.17) is 11.6 Å². The van der Waals surface area contributed by atoms with Crippen LogP contribution in [0.1, 0.15) is 0 Å². The maximum absolute atomic E-state index is 5.57. The molecule has 0 amide bonds. The predicted octanol–water partition coefficient (Wildman–Crippen LogP) is 1.27. The quantitative estimate of drug-likeness (QED) is 0.443. The van der Waals surface area contributed by atoms with Crippen molar-refractivity contribution >= 4 is 47.2 Å². The molecule has 0 fully saturated rings. The van der Waals surface area contributed by atoms with Gasteiger partial charge in [0.25, 0.3) is 0 Å². The number of aromatic amines is 1. The molecule has 0 atom stereocenters. The van der Waals surface area contributed by atoms with Crippen LogP contribution in [0.4, 0.5) is 11.5 Å². The Morgan fingerprint density at radius 1 is 1.29 bits per heavy atom. The van der Waals surface area contributed by atoms with Crippen molar-refractivity contribution in [1.82, 2.24) is 10.2 Å². The number of hydrazine groups is 1. The van der Waals surface area contributed by atoms with E-state index in [1.54, 1.807) is 0 Å². The van der Waals surface area contributed by atoms with E-state index in [1.807, 2.05) is 18.2 Å². The van der Waals surface area contributed by atoms with Gasteiger partial charge in [-0.15, -0.1) is 24.8 Å². The summed E-state index contributed by atoms with van der Waals surface area (Å²) in [7, 11) is 0. The van der Waals surface area contributed by atoms with Gasteiger partial charge >= 0.3 is 0 Å². The molecule has 2 rings (SSSR count). The lowest BCUT2D eigenvalue weighted by Gasteiger charge is -1.97. The van der Waals surface area contributed by atoms with Gasteiger partial charge in [-0.1, -0.05) is 0 Å². The highest BCUT2D eigenvalue weighted by atomic mass is 35.5. The first-order valence-electron chi connectivity index (χ1n) is 3.51. The third-order valence-electron chi connectivity index (χ3n) is 1.76. The minimum absolute atomic E-state index is 0. The summed E-state index contributed by atoms with van der Waals surface area (Å²) >= 11 is 0. The Morgan fingerprint density at radius 3 is 2.64 bits per heavy atom. The zero-order chi connectivity index (χ0) is 8.55. The van der Waals surface area contributed by atoms with E-state index in [0.717, 1.165) is 16.6 Å². The standard InChI is InChI=1S/C7H9N5.2ClH/c8-7-5-2-1-4(10-9)3-6(5)11-12-7;;/h1-3,10H,9H2,(H3,8,11,12);2*1H. The van der Waals surface area contributed by atoms with Crippen molar-refractivity contribution in [3.8, 4) is 0 Å². The number of nitrogens with zero attached hydrogens (tertiary/aromatic N) is 1. The third kappa shape index (κ3) is 2.01. The number of nitrogens with two attached hydrogens (primary N) is 2. The van der Waals surface area contributed by atoms with Crippen LogP contribution in [-0.4, -0.2) is 10.2 Å². The fourth-order valence-electron chi connectivity index (χ4n) is 1.13. The van der Waals surface area contributed by atoms with Crippen molar-refractivity contribution in [1.29, 1.82) is 0 Å². The van der Waals surface area contributed by atoms with Gasteiger partial charge < -0.3 is 11.2 Å². The monoisotopic (exact) mass is 235 g/mol. The smallest absolute Gasteiger partial charge is 0.153 e. The maximum atomic E-state index is 5.57. The molecule has 0 aliphatic rings. The van der Waals surface area contributed by atoms with Gasteiger partial charge in [0.1, 0.15) is 0 Å². The molecule has 0 aliphatic carbocycles. The Kier molecular flexibility index (Phi) is 4.49. The van der Waals surface area contributed by atoms with Crippen LogP contribution >= 0.6 is 24.8 Å². The average Bonchev–Trinajstić information content (AvgIpc) is 2.47. The van der Waals surface area contributed by atoms with E-state index in [-0.39, 0.29) is 24.8 Å². The highest BCUT2D eigenvalue weighted by Gasteiger charge is 2.00. The van der Waals surface area contributed by atoms with Crippen LogP contribution in [-0.2, 0) is 0 Å². The van der Waals surface area contributed by atoms with Gasteiger partial charge in [0.2, 0.25) is 0 Å². The fraction of sp³-hybridized carbons (Fsp3) is 0. The van der Waals surface area contributed by atoms with Gasteiger partial charge in [-0.3, -0.25) is 10.9 Å². The number of H-pyrrole nitrogens is 1. The highest BCUT2D eigenvalue weighted by Crippen LogP contribution is 2.20. The van der Waals surface area contributed by atoms with Crippen LogP contribution < -0.4 is 17.0 Å². The summed E-state index contributed by atoms with van der Waals surface area (Å²) in [6.07, 6.45) is 0. The zero-order valence-electron chi connectivity index (χ0n) is 7.15.